The van der Waals surface area contributed by atoms with Crippen molar-refractivity contribution in [2.75, 3.05) is 17.4 Å². The molecule has 6 nitrogen and oxygen atoms in total. The average Bonchev–Trinajstić information content (AvgIpc) is 3.12. The summed E-state index contributed by atoms with van der Waals surface area (Å²) in [4.78, 5) is 16.5. The summed E-state index contributed by atoms with van der Waals surface area (Å²) >= 11 is 5.84. The van der Waals surface area contributed by atoms with Gasteiger partial charge in [-0.15, -0.1) is 0 Å². The van der Waals surface area contributed by atoms with Gasteiger partial charge in [-0.25, -0.2) is 4.98 Å². The van der Waals surface area contributed by atoms with Crippen LogP contribution in [0.2, 0.25) is 5.02 Å². The van der Waals surface area contributed by atoms with E-state index >= 15 is 0 Å². The van der Waals surface area contributed by atoms with Gasteiger partial charge in [-0.2, -0.15) is 0 Å². The number of carbonyl (C=O) groups excluding carboxylic acids is 1. The summed E-state index contributed by atoms with van der Waals surface area (Å²) in [5.41, 5.74) is 1.94. The Bertz CT molecular complexity index is 943. The maximum absolute atomic E-state index is 12.3. The van der Waals surface area contributed by atoms with Gasteiger partial charge in [0, 0.05) is 28.7 Å². The van der Waals surface area contributed by atoms with Gasteiger partial charge in [0.15, 0.2) is 11.5 Å². The smallest absolute Gasteiger partial charge is 0.257 e. The summed E-state index contributed by atoms with van der Waals surface area (Å²) in [6.07, 6.45) is 1.51. The van der Waals surface area contributed by atoms with Gasteiger partial charge in [-0.05, 0) is 48.5 Å². The van der Waals surface area contributed by atoms with Crippen molar-refractivity contribution in [1.29, 1.82) is 0 Å². The van der Waals surface area contributed by atoms with E-state index in [2.05, 4.69) is 15.6 Å². The molecule has 7 heteroatoms. The first-order chi connectivity index (χ1) is 12.7. The van der Waals surface area contributed by atoms with E-state index in [0.717, 1.165) is 11.4 Å². The molecule has 0 saturated carbocycles. The summed E-state index contributed by atoms with van der Waals surface area (Å²) in [6, 6.07) is 15.9. The summed E-state index contributed by atoms with van der Waals surface area (Å²) in [7, 11) is 0. The molecular weight excluding hydrogens is 354 g/mol. The fourth-order valence-electron chi connectivity index (χ4n) is 2.46. The third-order valence-electron chi connectivity index (χ3n) is 3.77. The predicted octanol–water partition coefficient (Wildman–Crippen LogP) is 4.46. The quantitative estimate of drug-likeness (QED) is 0.712. The molecule has 1 aliphatic rings. The molecule has 2 aromatic carbocycles. The largest absolute Gasteiger partial charge is 0.454 e. The van der Waals surface area contributed by atoms with Gasteiger partial charge in [0.1, 0.15) is 5.82 Å². The van der Waals surface area contributed by atoms with E-state index in [-0.39, 0.29) is 12.7 Å². The van der Waals surface area contributed by atoms with Gasteiger partial charge in [0.2, 0.25) is 6.79 Å². The molecule has 0 bridgehead atoms. The number of anilines is 3. The van der Waals surface area contributed by atoms with Crippen molar-refractivity contribution < 1.29 is 14.3 Å². The first-order valence-corrected chi connectivity index (χ1v) is 8.25. The van der Waals surface area contributed by atoms with Gasteiger partial charge < -0.3 is 20.1 Å². The molecule has 1 aliphatic heterocycles. The number of halogens is 1. The number of rotatable bonds is 4. The monoisotopic (exact) mass is 367 g/mol. The van der Waals surface area contributed by atoms with E-state index in [1.807, 2.05) is 18.2 Å². The first-order valence-electron chi connectivity index (χ1n) is 7.87. The zero-order valence-corrected chi connectivity index (χ0v) is 14.3. The molecule has 0 aliphatic carbocycles. The van der Waals surface area contributed by atoms with Crippen LogP contribution >= 0.6 is 11.6 Å². The van der Waals surface area contributed by atoms with Crippen LogP contribution in [0.3, 0.4) is 0 Å². The van der Waals surface area contributed by atoms with Crippen molar-refractivity contribution >= 4 is 34.7 Å². The molecule has 4 rings (SSSR count). The zero-order valence-electron chi connectivity index (χ0n) is 13.5. The number of ether oxygens (including phenoxy) is 2. The number of pyridine rings is 1. The molecular formula is C19H14ClN3O3. The van der Waals surface area contributed by atoms with Crippen molar-refractivity contribution in [1.82, 2.24) is 4.98 Å². The molecule has 0 unspecified atom stereocenters. The maximum atomic E-state index is 12.3. The topological polar surface area (TPSA) is 72.5 Å². The Labute approximate surface area is 154 Å². The summed E-state index contributed by atoms with van der Waals surface area (Å²) < 4.78 is 10.6. The lowest BCUT2D eigenvalue weighted by Crippen LogP contribution is -2.12. The lowest BCUT2D eigenvalue weighted by molar-refractivity contribution is 0.102. The second-order valence-electron chi connectivity index (χ2n) is 5.59. The fourth-order valence-corrected chi connectivity index (χ4v) is 2.59. The Morgan fingerprint density at radius 2 is 1.73 bits per heavy atom. The number of nitrogens with zero attached hydrogens (tertiary/aromatic N) is 1. The standard InChI is InChI=1S/C19H14ClN3O3/c20-13-2-4-14(5-3-13)23-19(24)12-1-8-18(21-10-12)22-15-6-7-16-17(9-15)26-11-25-16/h1-10H,11H2,(H,21,22)(H,23,24). The van der Waals surface area contributed by atoms with Crippen LogP contribution in [0.25, 0.3) is 0 Å². The Morgan fingerprint density at radius 3 is 2.50 bits per heavy atom. The van der Waals surface area contributed by atoms with Crippen molar-refractivity contribution in [3.05, 3.63) is 71.4 Å². The predicted molar refractivity (Wildman–Crippen MR) is 99.5 cm³/mol. The zero-order chi connectivity index (χ0) is 17.9. The molecule has 2 N–H and O–H groups in total. The van der Waals surface area contributed by atoms with Crippen LogP contribution in [0.5, 0.6) is 11.5 Å². The van der Waals surface area contributed by atoms with Crippen molar-refractivity contribution in [2.24, 2.45) is 0 Å². The van der Waals surface area contributed by atoms with Gasteiger partial charge in [-0.1, -0.05) is 11.6 Å². The van der Waals surface area contributed by atoms with Gasteiger partial charge >= 0.3 is 0 Å². The molecule has 1 aromatic heterocycles. The SMILES string of the molecule is O=C(Nc1ccc(Cl)cc1)c1ccc(Nc2ccc3c(c2)OCO3)nc1. The minimum Gasteiger partial charge on any atom is -0.454 e. The van der Waals surface area contributed by atoms with Crippen LogP contribution in [-0.4, -0.2) is 17.7 Å². The maximum Gasteiger partial charge on any atom is 0.257 e. The minimum absolute atomic E-state index is 0.231. The highest BCUT2D eigenvalue weighted by molar-refractivity contribution is 6.30. The van der Waals surface area contributed by atoms with Crippen molar-refractivity contribution in [3.63, 3.8) is 0 Å². The molecule has 0 radical (unpaired) electrons. The van der Waals surface area contributed by atoms with E-state index in [1.54, 1.807) is 36.4 Å². The third kappa shape index (κ3) is 3.55. The third-order valence-corrected chi connectivity index (χ3v) is 4.02. The molecule has 1 amide bonds. The fraction of sp³-hybridized carbons (Fsp3) is 0.0526. The molecule has 0 saturated heterocycles. The normalized spacial score (nSPS) is 11.9. The molecule has 2 heterocycles. The number of benzene rings is 2. The van der Waals surface area contributed by atoms with E-state index in [9.17, 15) is 4.79 Å². The molecule has 0 atom stereocenters. The first kappa shape index (κ1) is 16.2. The van der Waals surface area contributed by atoms with Crippen LogP contribution in [0.15, 0.2) is 60.8 Å². The van der Waals surface area contributed by atoms with Crippen LogP contribution in [-0.2, 0) is 0 Å². The molecule has 130 valence electrons. The number of amides is 1. The Morgan fingerprint density at radius 1 is 0.962 bits per heavy atom. The van der Waals surface area contributed by atoms with Gasteiger partial charge in [0.25, 0.3) is 5.91 Å². The van der Waals surface area contributed by atoms with Crippen LogP contribution in [0.4, 0.5) is 17.2 Å². The summed E-state index contributed by atoms with van der Waals surface area (Å²) in [5, 5.41) is 6.57. The number of fused-ring (bicyclic) bond motifs is 1. The van der Waals surface area contributed by atoms with E-state index in [1.165, 1.54) is 6.20 Å². The molecule has 3 aromatic rings. The Hall–Kier alpha value is -3.25. The van der Waals surface area contributed by atoms with Crippen molar-refractivity contribution in [3.8, 4) is 11.5 Å². The number of hydrogen-bond donors (Lipinski definition) is 2. The van der Waals surface area contributed by atoms with E-state index in [0.29, 0.717) is 27.8 Å². The Balaban J connectivity index is 1.43. The van der Waals surface area contributed by atoms with Crippen LogP contribution in [0.1, 0.15) is 10.4 Å². The molecule has 26 heavy (non-hydrogen) atoms. The lowest BCUT2D eigenvalue weighted by Gasteiger charge is -2.08. The summed E-state index contributed by atoms with van der Waals surface area (Å²) in [6.45, 7) is 0.231. The van der Waals surface area contributed by atoms with Crippen LogP contribution in [0, 0.1) is 0 Å². The van der Waals surface area contributed by atoms with E-state index < -0.39 is 0 Å². The highest BCUT2D eigenvalue weighted by Crippen LogP contribution is 2.34. The number of hydrogen-bond acceptors (Lipinski definition) is 5. The second kappa shape index (κ2) is 6.93. The van der Waals surface area contributed by atoms with Crippen molar-refractivity contribution in [2.45, 2.75) is 0 Å². The number of nitrogens with one attached hydrogen (secondary N) is 2. The molecule has 0 spiro atoms. The number of carbonyl (C=O) groups is 1. The summed E-state index contributed by atoms with van der Waals surface area (Å²) in [5.74, 6) is 1.79. The second-order valence-corrected chi connectivity index (χ2v) is 6.02. The highest BCUT2D eigenvalue weighted by atomic mass is 35.5. The van der Waals surface area contributed by atoms with Gasteiger partial charge in [-0.3, -0.25) is 4.79 Å². The molecule has 0 fully saturated rings. The minimum atomic E-state index is -0.241. The Kier molecular flexibility index (Phi) is 4.33. The van der Waals surface area contributed by atoms with E-state index in [4.69, 9.17) is 21.1 Å². The van der Waals surface area contributed by atoms with Crippen LogP contribution < -0.4 is 20.1 Å². The van der Waals surface area contributed by atoms with Gasteiger partial charge in [0.05, 0.1) is 5.56 Å². The average molecular weight is 368 g/mol. The number of aromatic nitrogens is 1. The highest BCUT2D eigenvalue weighted by Gasteiger charge is 2.13. The lowest BCUT2D eigenvalue weighted by atomic mass is 10.2.